The number of nitrogens with one attached hydrogen (secondary N) is 3. The average molecular weight is 397 g/mol. The highest BCUT2D eigenvalue weighted by atomic mass is 16.5. The molecule has 3 heterocycles. The fraction of sp³-hybridized carbons (Fsp3) is 0.476. The van der Waals surface area contributed by atoms with Crippen molar-refractivity contribution in [3.63, 3.8) is 0 Å². The van der Waals surface area contributed by atoms with Crippen molar-refractivity contribution in [3.05, 3.63) is 40.2 Å². The molecule has 2 aromatic rings. The summed E-state index contributed by atoms with van der Waals surface area (Å²) >= 11 is 0. The highest BCUT2D eigenvalue weighted by Crippen LogP contribution is 2.30. The SMILES string of the molecule is O=C(CCCN1CCOCC1)Nc1cccc(-c2n[nH]c(=O)c3c2NCCC3)c1. The maximum absolute atomic E-state index is 12.3. The Bertz CT molecular complexity index is 921. The molecule has 8 nitrogen and oxygen atoms in total. The number of hydrogen-bond donors (Lipinski definition) is 3. The van der Waals surface area contributed by atoms with Crippen molar-refractivity contribution in [2.75, 3.05) is 50.0 Å². The second-order valence-electron chi connectivity index (χ2n) is 7.47. The largest absolute Gasteiger partial charge is 0.383 e. The van der Waals surface area contributed by atoms with Gasteiger partial charge in [0.2, 0.25) is 5.91 Å². The number of ether oxygens (including phenoxy) is 1. The van der Waals surface area contributed by atoms with Gasteiger partial charge in [-0.25, -0.2) is 5.10 Å². The number of H-pyrrole nitrogens is 1. The van der Waals surface area contributed by atoms with Gasteiger partial charge in [-0.1, -0.05) is 12.1 Å². The van der Waals surface area contributed by atoms with Gasteiger partial charge in [0.25, 0.3) is 5.56 Å². The molecule has 4 rings (SSSR count). The van der Waals surface area contributed by atoms with Crippen molar-refractivity contribution in [1.82, 2.24) is 15.1 Å². The molecule has 0 unspecified atom stereocenters. The summed E-state index contributed by atoms with van der Waals surface area (Å²) < 4.78 is 5.34. The summed E-state index contributed by atoms with van der Waals surface area (Å²) in [6.07, 6.45) is 2.98. The van der Waals surface area contributed by atoms with Gasteiger partial charge in [0, 0.05) is 42.9 Å². The van der Waals surface area contributed by atoms with Crippen molar-refractivity contribution in [3.8, 4) is 11.3 Å². The number of nitrogens with zero attached hydrogens (tertiary/aromatic N) is 2. The predicted molar refractivity (Wildman–Crippen MR) is 112 cm³/mol. The number of carbonyl (C=O) groups excluding carboxylic acids is 1. The third kappa shape index (κ3) is 4.83. The molecule has 0 bridgehead atoms. The number of amides is 1. The molecule has 2 aliphatic rings. The lowest BCUT2D eigenvalue weighted by molar-refractivity contribution is -0.116. The highest BCUT2D eigenvalue weighted by Gasteiger charge is 2.19. The lowest BCUT2D eigenvalue weighted by atomic mass is 10.0. The normalized spacial score (nSPS) is 16.7. The first-order valence-electron chi connectivity index (χ1n) is 10.3. The van der Waals surface area contributed by atoms with Crippen LogP contribution < -0.4 is 16.2 Å². The molecule has 154 valence electrons. The van der Waals surface area contributed by atoms with Crippen LogP contribution in [0.2, 0.25) is 0 Å². The van der Waals surface area contributed by atoms with Gasteiger partial charge in [-0.05, 0) is 37.9 Å². The van der Waals surface area contributed by atoms with Gasteiger partial charge < -0.3 is 15.4 Å². The minimum Gasteiger partial charge on any atom is -0.383 e. The van der Waals surface area contributed by atoms with E-state index in [1.807, 2.05) is 24.3 Å². The average Bonchev–Trinajstić information content (AvgIpc) is 2.75. The third-order valence-corrected chi connectivity index (χ3v) is 5.39. The Morgan fingerprint density at radius 3 is 3.00 bits per heavy atom. The molecule has 1 saturated heterocycles. The zero-order valence-electron chi connectivity index (χ0n) is 16.5. The van der Waals surface area contributed by atoms with E-state index in [-0.39, 0.29) is 11.5 Å². The Morgan fingerprint density at radius 2 is 2.14 bits per heavy atom. The molecule has 1 aromatic carbocycles. The molecule has 2 aliphatic heterocycles. The predicted octanol–water partition coefficient (Wildman–Crippen LogP) is 1.85. The monoisotopic (exact) mass is 397 g/mol. The van der Waals surface area contributed by atoms with Crippen molar-refractivity contribution in [1.29, 1.82) is 0 Å². The van der Waals surface area contributed by atoms with Gasteiger partial charge in [0.1, 0.15) is 5.69 Å². The minimum atomic E-state index is -0.138. The van der Waals surface area contributed by atoms with Crippen LogP contribution in [0.5, 0.6) is 0 Å². The number of aromatic amines is 1. The number of hydrogen-bond acceptors (Lipinski definition) is 6. The molecule has 1 fully saturated rings. The molecule has 1 amide bonds. The van der Waals surface area contributed by atoms with Gasteiger partial charge in [-0.2, -0.15) is 5.10 Å². The number of rotatable bonds is 6. The number of fused-ring (bicyclic) bond motifs is 1. The van der Waals surface area contributed by atoms with E-state index in [1.165, 1.54) is 0 Å². The summed E-state index contributed by atoms with van der Waals surface area (Å²) in [5.74, 6) is 0.00462. The van der Waals surface area contributed by atoms with Crippen LogP contribution in [-0.2, 0) is 16.0 Å². The summed E-state index contributed by atoms with van der Waals surface area (Å²) in [6.45, 7) is 5.16. The lowest BCUT2D eigenvalue weighted by Gasteiger charge is -2.26. The molecule has 1 aromatic heterocycles. The second kappa shape index (κ2) is 9.19. The standard InChI is InChI=1S/C21H27N5O3/c27-18(7-3-9-26-10-12-29-13-11-26)23-16-5-1-4-15(14-16)19-20-17(6-2-8-22-20)21(28)25-24-19/h1,4-5,14,22H,2-3,6-13H2,(H,23,27)(H,25,28). The zero-order chi connectivity index (χ0) is 20.1. The summed E-state index contributed by atoms with van der Waals surface area (Å²) in [5.41, 5.74) is 3.71. The molecule has 0 saturated carbocycles. The Balaban J connectivity index is 1.40. The van der Waals surface area contributed by atoms with E-state index in [9.17, 15) is 9.59 Å². The van der Waals surface area contributed by atoms with E-state index in [0.717, 1.165) is 81.2 Å². The van der Waals surface area contributed by atoms with E-state index in [2.05, 4.69) is 25.7 Å². The maximum Gasteiger partial charge on any atom is 0.269 e. The Hall–Kier alpha value is -2.71. The van der Waals surface area contributed by atoms with Gasteiger partial charge in [0.05, 0.1) is 18.9 Å². The minimum absolute atomic E-state index is 0.00462. The van der Waals surface area contributed by atoms with Crippen LogP contribution in [-0.4, -0.2) is 60.4 Å². The first-order chi connectivity index (χ1) is 14.2. The van der Waals surface area contributed by atoms with Crippen LogP contribution >= 0.6 is 0 Å². The van der Waals surface area contributed by atoms with Crippen LogP contribution in [0.25, 0.3) is 11.3 Å². The quantitative estimate of drug-likeness (QED) is 0.688. The number of aromatic nitrogens is 2. The highest BCUT2D eigenvalue weighted by molar-refractivity contribution is 5.91. The van der Waals surface area contributed by atoms with Crippen molar-refractivity contribution >= 4 is 17.3 Å². The first-order valence-corrected chi connectivity index (χ1v) is 10.3. The fourth-order valence-corrected chi connectivity index (χ4v) is 3.86. The Morgan fingerprint density at radius 1 is 1.28 bits per heavy atom. The van der Waals surface area contributed by atoms with Crippen molar-refractivity contribution in [2.24, 2.45) is 0 Å². The molecular formula is C21H27N5O3. The molecule has 8 heteroatoms. The van der Waals surface area contributed by atoms with Gasteiger partial charge in [-0.3, -0.25) is 14.5 Å². The smallest absolute Gasteiger partial charge is 0.269 e. The molecule has 0 aliphatic carbocycles. The van der Waals surface area contributed by atoms with Gasteiger partial charge in [0.15, 0.2) is 0 Å². The summed E-state index contributed by atoms with van der Waals surface area (Å²) in [4.78, 5) is 26.7. The Labute approximate surface area is 169 Å². The third-order valence-electron chi connectivity index (χ3n) is 5.39. The number of morpholine rings is 1. The van der Waals surface area contributed by atoms with Crippen LogP contribution in [0, 0.1) is 0 Å². The van der Waals surface area contributed by atoms with Crippen LogP contribution in [0.3, 0.4) is 0 Å². The van der Waals surface area contributed by atoms with E-state index in [4.69, 9.17) is 4.74 Å². The Kier molecular flexibility index (Phi) is 6.21. The van der Waals surface area contributed by atoms with E-state index in [1.54, 1.807) is 0 Å². The second-order valence-corrected chi connectivity index (χ2v) is 7.47. The maximum atomic E-state index is 12.3. The van der Waals surface area contributed by atoms with Crippen molar-refractivity contribution < 1.29 is 9.53 Å². The van der Waals surface area contributed by atoms with Gasteiger partial charge >= 0.3 is 0 Å². The lowest BCUT2D eigenvalue weighted by Crippen LogP contribution is -2.37. The molecule has 0 atom stereocenters. The van der Waals surface area contributed by atoms with Crippen LogP contribution in [0.4, 0.5) is 11.4 Å². The molecular weight excluding hydrogens is 370 g/mol. The van der Waals surface area contributed by atoms with Crippen LogP contribution in [0.1, 0.15) is 24.8 Å². The summed E-state index contributed by atoms with van der Waals surface area (Å²) in [7, 11) is 0. The van der Waals surface area contributed by atoms with E-state index < -0.39 is 0 Å². The number of carbonyl (C=O) groups is 1. The van der Waals surface area contributed by atoms with Crippen molar-refractivity contribution in [2.45, 2.75) is 25.7 Å². The zero-order valence-corrected chi connectivity index (χ0v) is 16.5. The number of benzene rings is 1. The molecule has 0 radical (unpaired) electrons. The first kappa shape index (κ1) is 19.6. The molecule has 3 N–H and O–H groups in total. The molecule has 29 heavy (non-hydrogen) atoms. The fourth-order valence-electron chi connectivity index (χ4n) is 3.86. The van der Waals surface area contributed by atoms with Gasteiger partial charge in [-0.15, -0.1) is 0 Å². The van der Waals surface area contributed by atoms with Crippen LogP contribution in [0.15, 0.2) is 29.1 Å². The summed E-state index contributed by atoms with van der Waals surface area (Å²) in [5, 5.41) is 13.1. The number of anilines is 2. The topological polar surface area (TPSA) is 99.3 Å². The van der Waals surface area contributed by atoms with E-state index in [0.29, 0.717) is 12.1 Å². The summed E-state index contributed by atoms with van der Waals surface area (Å²) in [6, 6.07) is 7.60. The molecule has 0 spiro atoms. The van der Waals surface area contributed by atoms with E-state index >= 15 is 0 Å².